The Bertz CT molecular complexity index is 94.1. The Morgan fingerprint density at radius 1 is 0.923 bits per heavy atom. The molecule has 0 atom stereocenters. The minimum atomic E-state index is 0.862. The zero-order valence-electron chi connectivity index (χ0n) is 9.51. The summed E-state index contributed by atoms with van der Waals surface area (Å²) in [6, 6.07) is 0. The molecule has 2 heteroatoms. The van der Waals surface area contributed by atoms with Crippen molar-refractivity contribution in [2.24, 2.45) is 0 Å². The molecule has 0 aliphatic carbocycles. The van der Waals surface area contributed by atoms with Gasteiger partial charge < -0.3 is 9.64 Å². The van der Waals surface area contributed by atoms with E-state index < -0.39 is 0 Å². The average molecular weight is 187 g/mol. The second kappa shape index (κ2) is 10.0. The molecule has 0 radical (unpaired) electrons. The van der Waals surface area contributed by atoms with Crippen molar-refractivity contribution in [3.8, 4) is 0 Å². The number of hydrogen-bond acceptors (Lipinski definition) is 2. The molecule has 0 saturated carbocycles. The predicted octanol–water partition coefficient (Wildman–Crippen LogP) is 2.54. The van der Waals surface area contributed by atoms with Gasteiger partial charge in [0.15, 0.2) is 0 Å². The third-order valence-corrected chi connectivity index (χ3v) is 2.10. The summed E-state index contributed by atoms with van der Waals surface area (Å²) in [6.07, 6.45) is 6.62. The van der Waals surface area contributed by atoms with E-state index in [4.69, 9.17) is 4.74 Å². The SMILES string of the molecule is CCOCCCCCCCN(C)C. The van der Waals surface area contributed by atoms with Crippen LogP contribution in [-0.2, 0) is 4.74 Å². The molecule has 0 spiro atoms. The van der Waals surface area contributed by atoms with Crippen molar-refractivity contribution in [3.05, 3.63) is 0 Å². The fourth-order valence-corrected chi connectivity index (χ4v) is 1.31. The first kappa shape index (κ1) is 12.9. The first-order valence-electron chi connectivity index (χ1n) is 5.50. The molecule has 0 unspecified atom stereocenters. The molecular weight excluding hydrogens is 162 g/mol. The van der Waals surface area contributed by atoms with Crippen LogP contribution in [0.4, 0.5) is 0 Å². The number of hydrogen-bond donors (Lipinski definition) is 0. The van der Waals surface area contributed by atoms with E-state index in [1.165, 1.54) is 38.6 Å². The van der Waals surface area contributed by atoms with Gasteiger partial charge in [-0.25, -0.2) is 0 Å². The van der Waals surface area contributed by atoms with Crippen molar-refractivity contribution in [3.63, 3.8) is 0 Å². The summed E-state index contributed by atoms with van der Waals surface area (Å²) in [6.45, 7) is 5.09. The van der Waals surface area contributed by atoms with Crippen LogP contribution in [0.3, 0.4) is 0 Å². The molecule has 0 aromatic rings. The molecule has 0 bridgehead atoms. The lowest BCUT2D eigenvalue weighted by atomic mass is 10.1. The van der Waals surface area contributed by atoms with Gasteiger partial charge in [0.2, 0.25) is 0 Å². The summed E-state index contributed by atoms with van der Waals surface area (Å²) in [4.78, 5) is 2.25. The number of nitrogens with zero attached hydrogens (tertiary/aromatic N) is 1. The lowest BCUT2D eigenvalue weighted by Crippen LogP contribution is -2.12. The second-order valence-corrected chi connectivity index (χ2v) is 3.77. The third kappa shape index (κ3) is 11.9. The predicted molar refractivity (Wildman–Crippen MR) is 58.1 cm³/mol. The van der Waals surface area contributed by atoms with Crippen LogP contribution < -0.4 is 0 Å². The van der Waals surface area contributed by atoms with E-state index >= 15 is 0 Å². The van der Waals surface area contributed by atoms with Gasteiger partial charge in [0, 0.05) is 13.2 Å². The summed E-state index contributed by atoms with van der Waals surface area (Å²) in [5.74, 6) is 0. The zero-order chi connectivity index (χ0) is 9.94. The summed E-state index contributed by atoms with van der Waals surface area (Å²) in [5.41, 5.74) is 0. The Morgan fingerprint density at radius 3 is 2.15 bits per heavy atom. The van der Waals surface area contributed by atoms with E-state index in [2.05, 4.69) is 25.9 Å². The van der Waals surface area contributed by atoms with E-state index in [9.17, 15) is 0 Å². The van der Waals surface area contributed by atoms with Gasteiger partial charge in [-0.2, -0.15) is 0 Å². The zero-order valence-corrected chi connectivity index (χ0v) is 9.51. The monoisotopic (exact) mass is 187 g/mol. The van der Waals surface area contributed by atoms with Crippen LogP contribution in [-0.4, -0.2) is 38.8 Å². The lowest BCUT2D eigenvalue weighted by molar-refractivity contribution is 0.143. The highest BCUT2D eigenvalue weighted by molar-refractivity contribution is 4.47. The Balaban J connectivity index is 2.84. The van der Waals surface area contributed by atoms with E-state index in [1.807, 2.05) is 0 Å². The van der Waals surface area contributed by atoms with E-state index in [0.717, 1.165) is 13.2 Å². The van der Waals surface area contributed by atoms with Crippen LogP contribution in [0.5, 0.6) is 0 Å². The Kier molecular flexibility index (Phi) is 9.94. The topological polar surface area (TPSA) is 12.5 Å². The fraction of sp³-hybridized carbons (Fsp3) is 1.00. The Morgan fingerprint density at radius 2 is 1.54 bits per heavy atom. The molecule has 0 aliphatic heterocycles. The van der Waals surface area contributed by atoms with E-state index in [1.54, 1.807) is 0 Å². The highest BCUT2D eigenvalue weighted by Gasteiger charge is 1.92. The third-order valence-electron chi connectivity index (χ3n) is 2.10. The molecule has 13 heavy (non-hydrogen) atoms. The van der Waals surface area contributed by atoms with E-state index in [0.29, 0.717) is 0 Å². The van der Waals surface area contributed by atoms with Gasteiger partial charge in [0.25, 0.3) is 0 Å². The highest BCUT2D eigenvalue weighted by Crippen LogP contribution is 2.03. The summed E-state index contributed by atoms with van der Waals surface area (Å²) in [5, 5.41) is 0. The van der Waals surface area contributed by atoms with Crippen molar-refractivity contribution in [2.75, 3.05) is 33.9 Å². The van der Waals surface area contributed by atoms with Gasteiger partial charge in [-0.3, -0.25) is 0 Å². The summed E-state index contributed by atoms with van der Waals surface area (Å²) in [7, 11) is 4.27. The smallest absolute Gasteiger partial charge is 0.0465 e. The maximum Gasteiger partial charge on any atom is 0.0465 e. The van der Waals surface area contributed by atoms with Crippen LogP contribution in [0.1, 0.15) is 39.0 Å². The van der Waals surface area contributed by atoms with Gasteiger partial charge in [0.05, 0.1) is 0 Å². The number of unbranched alkanes of at least 4 members (excludes halogenated alkanes) is 4. The second-order valence-electron chi connectivity index (χ2n) is 3.77. The van der Waals surface area contributed by atoms with Crippen LogP contribution in [0.25, 0.3) is 0 Å². The van der Waals surface area contributed by atoms with Crippen molar-refractivity contribution in [2.45, 2.75) is 39.0 Å². The molecule has 0 amide bonds. The molecule has 0 fully saturated rings. The number of ether oxygens (including phenoxy) is 1. The minimum Gasteiger partial charge on any atom is -0.382 e. The maximum atomic E-state index is 5.27. The highest BCUT2D eigenvalue weighted by atomic mass is 16.5. The van der Waals surface area contributed by atoms with Crippen molar-refractivity contribution < 1.29 is 4.74 Å². The molecule has 0 N–H and O–H groups in total. The quantitative estimate of drug-likeness (QED) is 0.514. The molecule has 0 aliphatic rings. The summed E-state index contributed by atoms with van der Waals surface area (Å²) >= 11 is 0. The standard InChI is InChI=1S/C11H25NO/c1-4-13-11-9-7-5-6-8-10-12(2)3/h4-11H2,1-3H3. The van der Waals surface area contributed by atoms with Crippen LogP contribution >= 0.6 is 0 Å². The van der Waals surface area contributed by atoms with Crippen molar-refractivity contribution in [1.29, 1.82) is 0 Å². The van der Waals surface area contributed by atoms with Crippen LogP contribution in [0.2, 0.25) is 0 Å². The molecule has 0 rings (SSSR count). The molecule has 0 aromatic carbocycles. The summed E-state index contributed by atoms with van der Waals surface area (Å²) < 4.78 is 5.27. The molecular formula is C11H25NO. The fourth-order valence-electron chi connectivity index (χ4n) is 1.31. The van der Waals surface area contributed by atoms with Crippen LogP contribution in [0.15, 0.2) is 0 Å². The van der Waals surface area contributed by atoms with Gasteiger partial charge in [-0.1, -0.05) is 19.3 Å². The maximum absolute atomic E-state index is 5.27. The van der Waals surface area contributed by atoms with E-state index in [-0.39, 0.29) is 0 Å². The first-order chi connectivity index (χ1) is 6.27. The van der Waals surface area contributed by atoms with Crippen LogP contribution in [0, 0.1) is 0 Å². The Hall–Kier alpha value is -0.0800. The van der Waals surface area contributed by atoms with Gasteiger partial charge in [0.1, 0.15) is 0 Å². The lowest BCUT2D eigenvalue weighted by Gasteiger charge is -2.08. The molecule has 2 nitrogen and oxygen atoms in total. The molecule has 80 valence electrons. The van der Waals surface area contributed by atoms with Crippen molar-refractivity contribution in [1.82, 2.24) is 4.90 Å². The van der Waals surface area contributed by atoms with Crippen molar-refractivity contribution >= 4 is 0 Å². The molecule has 0 saturated heterocycles. The molecule has 0 aromatic heterocycles. The number of rotatable bonds is 9. The minimum absolute atomic E-state index is 0.862. The van der Waals surface area contributed by atoms with Gasteiger partial charge in [-0.05, 0) is 40.4 Å². The first-order valence-corrected chi connectivity index (χ1v) is 5.50. The largest absolute Gasteiger partial charge is 0.382 e. The molecule has 0 heterocycles. The van der Waals surface area contributed by atoms with Gasteiger partial charge >= 0.3 is 0 Å². The average Bonchev–Trinajstić information content (AvgIpc) is 2.09. The normalized spacial score (nSPS) is 11.1. The Labute approximate surface area is 83.3 Å². The van der Waals surface area contributed by atoms with Gasteiger partial charge in [-0.15, -0.1) is 0 Å².